The average Bonchev–Trinajstić information content (AvgIpc) is 2.39. The Morgan fingerprint density at radius 2 is 2.11 bits per heavy atom. The fourth-order valence-corrected chi connectivity index (χ4v) is 4.51. The van der Waals surface area contributed by atoms with Crippen molar-refractivity contribution in [2.45, 2.75) is 63.5 Å². The molecule has 0 aromatic carbocycles. The predicted molar refractivity (Wildman–Crippen MR) is 80.3 cm³/mol. The van der Waals surface area contributed by atoms with Crippen LogP contribution in [0, 0.1) is 5.92 Å². The molecule has 2 aliphatic rings. The Kier molecular flexibility index (Phi) is 5.84. The van der Waals surface area contributed by atoms with Gasteiger partial charge in [0.1, 0.15) is 0 Å². The van der Waals surface area contributed by atoms with Gasteiger partial charge < -0.3 is 10.1 Å². The molecule has 0 aromatic heterocycles. The van der Waals surface area contributed by atoms with Crippen LogP contribution in [0.5, 0.6) is 0 Å². The molecule has 1 aliphatic carbocycles. The number of rotatable bonds is 5. The van der Waals surface area contributed by atoms with Crippen molar-refractivity contribution in [2.24, 2.45) is 5.92 Å². The Morgan fingerprint density at radius 3 is 2.78 bits per heavy atom. The Labute approximate surface area is 117 Å². The predicted octanol–water partition coefficient (Wildman–Crippen LogP) is 3.46. The van der Waals surface area contributed by atoms with Crippen molar-refractivity contribution in [3.05, 3.63) is 0 Å². The highest BCUT2D eigenvalue weighted by Gasteiger charge is 2.40. The van der Waals surface area contributed by atoms with Crippen LogP contribution in [0.2, 0.25) is 0 Å². The molecule has 2 unspecified atom stereocenters. The first kappa shape index (κ1) is 14.7. The summed E-state index contributed by atoms with van der Waals surface area (Å²) in [7, 11) is 0. The van der Waals surface area contributed by atoms with E-state index in [1.807, 2.05) is 11.8 Å². The lowest BCUT2D eigenvalue weighted by Crippen LogP contribution is -2.48. The topological polar surface area (TPSA) is 21.3 Å². The van der Waals surface area contributed by atoms with Crippen LogP contribution in [0.25, 0.3) is 0 Å². The van der Waals surface area contributed by atoms with Gasteiger partial charge in [-0.1, -0.05) is 26.2 Å². The highest BCUT2D eigenvalue weighted by molar-refractivity contribution is 7.98. The molecule has 1 N–H and O–H groups in total. The summed E-state index contributed by atoms with van der Waals surface area (Å²) < 4.78 is 6.21. The normalized spacial score (nSPS) is 29.3. The fourth-order valence-electron chi connectivity index (χ4n) is 3.76. The van der Waals surface area contributed by atoms with Crippen molar-refractivity contribution in [2.75, 3.05) is 25.2 Å². The van der Waals surface area contributed by atoms with E-state index in [1.54, 1.807) is 0 Å². The molecule has 0 radical (unpaired) electrons. The van der Waals surface area contributed by atoms with E-state index in [2.05, 4.69) is 18.5 Å². The molecule has 2 atom stereocenters. The summed E-state index contributed by atoms with van der Waals surface area (Å²) in [6.07, 6.45) is 11.5. The molecule has 3 heteroatoms. The Balaban J connectivity index is 1.95. The Morgan fingerprint density at radius 1 is 1.33 bits per heavy atom. The lowest BCUT2D eigenvalue weighted by atomic mass is 9.74. The van der Waals surface area contributed by atoms with Gasteiger partial charge in [-0.05, 0) is 44.4 Å². The minimum absolute atomic E-state index is 0.257. The van der Waals surface area contributed by atoms with Crippen molar-refractivity contribution >= 4 is 11.8 Å². The van der Waals surface area contributed by atoms with Crippen molar-refractivity contribution in [1.29, 1.82) is 0 Å². The second-order valence-corrected chi connectivity index (χ2v) is 6.88. The van der Waals surface area contributed by atoms with E-state index in [0.29, 0.717) is 6.04 Å². The number of hydrogen-bond donors (Lipinski definition) is 1. The minimum Gasteiger partial charge on any atom is -0.375 e. The van der Waals surface area contributed by atoms with Gasteiger partial charge in [-0.25, -0.2) is 0 Å². The van der Waals surface area contributed by atoms with E-state index >= 15 is 0 Å². The summed E-state index contributed by atoms with van der Waals surface area (Å²) in [6, 6.07) is 0.688. The molecule has 2 nitrogen and oxygen atoms in total. The zero-order chi connectivity index (χ0) is 12.8. The van der Waals surface area contributed by atoms with Gasteiger partial charge in [0, 0.05) is 18.4 Å². The third kappa shape index (κ3) is 3.64. The largest absolute Gasteiger partial charge is 0.375 e. The van der Waals surface area contributed by atoms with Crippen molar-refractivity contribution in [3.8, 4) is 0 Å². The van der Waals surface area contributed by atoms with Gasteiger partial charge in [-0.2, -0.15) is 11.8 Å². The number of hydrogen-bond acceptors (Lipinski definition) is 3. The molecule has 18 heavy (non-hydrogen) atoms. The quantitative estimate of drug-likeness (QED) is 0.827. The number of ether oxygens (including phenoxy) is 1. The van der Waals surface area contributed by atoms with Crippen molar-refractivity contribution in [1.82, 2.24) is 5.32 Å². The van der Waals surface area contributed by atoms with Crippen LogP contribution in [-0.4, -0.2) is 36.8 Å². The monoisotopic (exact) mass is 271 g/mol. The van der Waals surface area contributed by atoms with Crippen LogP contribution in [0.15, 0.2) is 0 Å². The third-order valence-corrected chi connectivity index (χ3v) is 5.37. The molecule has 2 fully saturated rings. The van der Waals surface area contributed by atoms with Gasteiger partial charge in [-0.15, -0.1) is 0 Å². The maximum Gasteiger partial charge on any atom is 0.0685 e. The lowest BCUT2D eigenvalue weighted by Gasteiger charge is -2.45. The van der Waals surface area contributed by atoms with Gasteiger partial charge in [0.05, 0.1) is 5.60 Å². The molecule has 0 aromatic rings. The molecule has 1 heterocycles. The summed E-state index contributed by atoms with van der Waals surface area (Å²) in [4.78, 5) is 0. The van der Waals surface area contributed by atoms with Crippen LogP contribution in [0.4, 0.5) is 0 Å². The highest BCUT2D eigenvalue weighted by atomic mass is 32.2. The summed E-state index contributed by atoms with van der Waals surface area (Å²) in [5, 5.41) is 3.70. The second-order valence-electron chi connectivity index (χ2n) is 5.96. The SMILES string of the molecule is CCNC(CSC)C1CCOC2(CCCCC2)C1. The maximum atomic E-state index is 6.21. The summed E-state index contributed by atoms with van der Waals surface area (Å²) in [5.74, 6) is 2.07. The molecule has 0 amide bonds. The van der Waals surface area contributed by atoms with E-state index in [4.69, 9.17) is 4.74 Å². The molecule has 1 aliphatic heterocycles. The average molecular weight is 271 g/mol. The van der Waals surface area contributed by atoms with Crippen LogP contribution in [0.3, 0.4) is 0 Å². The van der Waals surface area contributed by atoms with E-state index in [-0.39, 0.29) is 5.60 Å². The fraction of sp³-hybridized carbons (Fsp3) is 1.00. The molecular formula is C15H29NOS. The van der Waals surface area contributed by atoms with Crippen LogP contribution in [-0.2, 0) is 4.74 Å². The number of thioether (sulfide) groups is 1. The molecule has 1 spiro atoms. The van der Waals surface area contributed by atoms with E-state index < -0.39 is 0 Å². The first-order valence-corrected chi connectivity index (χ1v) is 9.05. The third-order valence-electron chi connectivity index (χ3n) is 4.68. The molecule has 0 bridgehead atoms. The zero-order valence-electron chi connectivity index (χ0n) is 12.0. The second kappa shape index (κ2) is 7.16. The number of nitrogens with one attached hydrogen (secondary N) is 1. The Bertz CT molecular complexity index is 229. The van der Waals surface area contributed by atoms with Gasteiger partial charge in [0.15, 0.2) is 0 Å². The molecule has 1 saturated heterocycles. The maximum absolute atomic E-state index is 6.21. The van der Waals surface area contributed by atoms with Crippen LogP contribution < -0.4 is 5.32 Å². The first-order valence-electron chi connectivity index (χ1n) is 7.66. The van der Waals surface area contributed by atoms with Crippen LogP contribution in [0.1, 0.15) is 51.9 Å². The summed E-state index contributed by atoms with van der Waals surface area (Å²) in [5.41, 5.74) is 0.257. The lowest BCUT2D eigenvalue weighted by molar-refractivity contribution is -0.120. The summed E-state index contributed by atoms with van der Waals surface area (Å²) in [6.45, 7) is 4.31. The van der Waals surface area contributed by atoms with Crippen LogP contribution >= 0.6 is 11.8 Å². The molecule has 1 saturated carbocycles. The van der Waals surface area contributed by atoms with E-state index in [0.717, 1.165) is 19.1 Å². The van der Waals surface area contributed by atoms with Gasteiger partial charge in [0.2, 0.25) is 0 Å². The summed E-state index contributed by atoms with van der Waals surface area (Å²) >= 11 is 1.98. The van der Waals surface area contributed by atoms with Crippen molar-refractivity contribution < 1.29 is 4.74 Å². The Hall–Kier alpha value is 0.270. The van der Waals surface area contributed by atoms with Gasteiger partial charge in [0.25, 0.3) is 0 Å². The van der Waals surface area contributed by atoms with Crippen molar-refractivity contribution in [3.63, 3.8) is 0 Å². The standard InChI is InChI=1S/C15H29NOS/c1-3-16-14(12-18-2)13-7-10-17-15(11-13)8-5-4-6-9-15/h13-14,16H,3-12H2,1-2H3. The molecule has 106 valence electrons. The van der Waals surface area contributed by atoms with E-state index in [1.165, 1.54) is 50.7 Å². The first-order chi connectivity index (χ1) is 8.79. The smallest absolute Gasteiger partial charge is 0.0685 e. The zero-order valence-corrected chi connectivity index (χ0v) is 12.9. The molecule has 2 rings (SSSR count). The highest BCUT2D eigenvalue weighted by Crippen LogP contribution is 2.41. The van der Waals surface area contributed by atoms with Gasteiger partial charge >= 0.3 is 0 Å². The minimum atomic E-state index is 0.257. The molecular weight excluding hydrogens is 242 g/mol. The van der Waals surface area contributed by atoms with E-state index in [9.17, 15) is 0 Å². The van der Waals surface area contributed by atoms with Gasteiger partial charge in [-0.3, -0.25) is 0 Å².